The van der Waals surface area contributed by atoms with Crippen LogP contribution in [0.15, 0.2) is 41.5 Å². The third-order valence-electron chi connectivity index (χ3n) is 3.28. The second-order valence-corrected chi connectivity index (χ2v) is 5.69. The predicted octanol–water partition coefficient (Wildman–Crippen LogP) is 1.96. The van der Waals surface area contributed by atoms with Gasteiger partial charge in [0.05, 0.1) is 5.56 Å². The Balaban J connectivity index is 2.21. The average molecular weight is 354 g/mol. The zero-order chi connectivity index (χ0) is 18.6. The third kappa shape index (κ3) is 5.15. The highest BCUT2D eigenvalue weighted by atomic mass is 19.4. The van der Waals surface area contributed by atoms with Crippen LogP contribution in [0.5, 0.6) is 0 Å². The van der Waals surface area contributed by atoms with E-state index in [0.717, 1.165) is 10.6 Å². The van der Waals surface area contributed by atoms with E-state index >= 15 is 0 Å². The molecule has 0 fully saturated rings. The first-order valence-corrected chi connectivity index (χ1v) is 7.33. The van der Waals surface area contributed by atoms with Crippen LogP contribution in [-0.2, 0) is 24.1 Å². The topological polar surface area (TPSA) is 67.2 Å². The summed E-state index contributed by atoms with van der Waals surface area (Å²) in [5.41, 5.74) is -1.30. The number of halogens is 3. The average Bonchev–Trinajstić information content (AvgIpc) is 2.49. The molecule has 1 heterocycles. The van der Waals surface area contributed by atoms with Gasteiger partial charge in [0.15, 0.2) is 0 Å². The van der Waals surface area contributed by atoms with Crippen molar-refractivity contribution in [1.82, 2.24) is 14.5 Å². The molecule has 25 heavy (non-hydrogen) atoms. The van der Waals surface area contributed by atoms with Crippen molar-refractivity contribution >= 4 is 11.6 Å². The number of carbonyl (C=O) groups is 1. The Labute approximate surface area is 141 Å². The summed E-state index contributed by atoms with van der Waals surface area (Å²) in [5.74, 6) is -0.622. The predicted molar refractivity (Wildman–Crippen MR) is 86.0 cm³/mol. The van der Waals surface area contributed by atoms with Gasteiger partial charge in [-0.1, -0.05) is 6.07 Å². The van der Waals surface area contributed by atoms with Crippen LogP contribution in [0.3, 0.4) is 0 Å². The minimum Gasteiger partial charge on any atom is -0.325 e. The van der Waals surface area contributed by atoms with Crippen LogP contribution >= 0.6 is 0 Å². The van der Waals surface area contributed by atoms with Gasteiger partial charge in [-0.05, 0) is 37.9 Å². The Bertz CT molecular complexity index is 816. The molecule has 6 nitrogen and oxygen atoms in total. The van der Waals surface area contributed by atoms with Gasteiger partial charge in [0.1, 0.15) is 6.54 Å². The van der Waals surface area contributed by atoms with Crippen molar-refractivity contribution in [2.75, 3.05) is 19.4 Å². The van der Waals surface area contributed by atoms with Crippen LogP contribution in [0.4, 0.5) is 18.9 Å². The van der Waals surface area contributed by atoms with Gasteiger partial charge in [0.2, 0.25) is 5.91 Å². The van der Waals surface area contributed by atoms with E-state index in [-0.39, 0.29) is 24.3 Å². The molecular formula is C16H17F3N4O2. The SMILES string of the molecule is CN(C)Cc1ccc(NC(=O)Cn2cccnc2=O)cc1C(F)(F)F. The molecule has 1 aromatic carbocycles. The molecule has 0 bridgehead atoms. The van der Waals surface area contributed by atoms with Crippen molar-refractivity contribution in [2.45, 2.75) is 19.3 Å². The normalized spacial score (nSPS) is 11.6. The van der Waals surface area contributed by atoms with Gasteiger partial charge >= 0.3 is 11.9 Å². The molecule has 0 saturated heterocycles. The Kier molecular flexibility index (Phi) is 5.58. The van der Waals surface area contributed by atoms with Crippen LogP contribution in [-0.4, -0.2) is 34.5 Å². The van der Waals surface area contributed by atoms with Crippen LogP contribution in [0.25, 0.3) is 0 Å². The fraction of sp³-hybridized carbons (Fsp3) is 0.312. The number of rotatable bonds is 5. The van der Waals surface area contributed by atoms with E-state index in [4.69, 9.17) is 0 Å². The molecule has 9 heteroatoms. The number of anilines is 1. The maximum absolute atomic E-state index is 13.2. The van der Waals surface area contributed by atoms with Crippen molar-refractivity contribution in [3.05, 3.63) is 58.3 Å². The van der Waals surface area contributed by atoms with Gasteiger partial charge in [0, 0.05) is 24.6 Å². The van der Waals surface area contributed by atoms with Crippen LogP contribution in [0.2, 0.25) is 0 Å². The molecule has 1 aromatic heterocycles. The van der Waals surface area contributed by atoms with E-state index < -0.39 is 23.3 Å². The van der Waals surface area contributed by atoms with Gasteiger partial charge in [-0.25, -0.2) is 9.78 Å². The summed E-state index contributed by atoms with van der Waals surface area (Å²) >= 11 is 0. The van der Waals surface area contributed by atoms with Gasteiger partial charge < -0.3 is 10.2 Å². The quantitative estimate of drug-likeness (QED) is 0.891. The first kappa shape index (κ1) is 18.7. The first-order chi connectivity index (χ1) is 11.7. The maximum atomic E-state index is 13.2. The molecule has 0 atom stereocenters. The summed E-state index contributed by atoms with van der Waals surface area (Å²) in [7, 11) is 3.34. The zero-order valence-corrected chi connectivity index (χ0v) is 13.7. The molecule has 0 aliphatic rings. The zero-order valence-electron chi connectivity index (χ0n) is 13.7. The monoisotopic (exact) mass is 354 g/mol. The van der Waals surface area contributed by atoms with Crippen LogP contribution < -0.4 is 11.0 Å². The summed E-state index contributed by atoms with van der Waals surface area (Å²) in [6.07, 6.45) is -1.88. The second-order valence-electron chi connectivity index (χ2n) is 5.69. The minimum atomic E-state index is -4.54. The summed E-state index contributed by atoms with van der Waals surface area (Å²) in [5, 5.41) is 2.37. The Morgan fingerprint density at radius 3 is 2.64 bits per heavy atom. The Hall–Kier alpha value is -2.68. The molecule has 0 unspecified atom stereocenters. The maximum Gasteiger partial charge on any atom is 0.416 e. The minimum absolute atomic E-state index is 0.0109. The van der Waals surface area contributed by atoms with Gasteiger partial charge in [-0.3, -0.25) is 9.36 Å². The highest BCUT2D eigenvalue weighted by Gasteiger charge is 2.33. The molecule has 1 amide bonds. The van der Waals surface area contributed by atoms with E-state index in [1.54, 1.807) is 19.0 Å². The molecular weight excluding hydrogens is 337 g/mol. The molecule has 0 radical (unpaired) electrons. The van der Waals surface area contributed by atoms with Crippen molar-refractivity contribution in [3.63, 3.8) is 0 Å². The molecule has 0 spiro atoms. The highest BCUT2D eigenvalue weighted by molar-refractivity contribution is 5.90. The third-order valence-corrected chi connectivity index (χ3v) is 3.28. The van der Waals surface area contributed by atoms with E-state index in [9.17, 15) is 22.8 Å². The number of nitrogens with zero attached hydrogens (tertiary/aromatic N) is 3. The number of hydrogen-bond donors (Lipinski definition) is 1. The lowest BCUT2D eigenvalue weighted by molar-refractivity contribution is -0.138. The van der Waals surface area contributed by atoms with Gasteiger partial charge in [-0.15, -0.1) is 0 Å². The number of nitrogens with one attached hydrogen (secondary N) is 1. The van der Waals surface area contributed by atoms with E-state index in [1.807, 2.05) is 0 Å². The molecule has 1 N–H and O–H groups in total. The van der Waals surface area contributed by atoms with Crippen LogP contribution in [0, 0.1) is 0 Å². The van der Waals surface area contributed by atoms with Crippen molar-refractivity contribution < 1.29 is 18.0 Å². The smallest absolute Gasteiger partial charge is 0.325 e. The van der Waals surface area contributed by atoms with Gasteiger partial charge in [0.25, 0.3) is 0 Å². The number of alkyl halides is 3. The molecule has 0 saturated carbocycles. The molecule has 134 valence electrons. The number of amides is 1. The van der Waals surface area contributed by atoms with E-state index in [0.29, 0.717) is 0 Å². The lowest BCUT2D eigenvalue weighted by Gasteiger charge is -2.18. The van der Waals surface area contributed by atoms with Crippen molar-refractivity contribution in [1.29, 1.82) is 0 Å². The molecule has 2 rings (SSSR count). The highest BCUT2D eigenvalue weighted by Crippen LogP contribution is 2.34. The molecule has 0 aliphatic carbocycles. The van der Waals surface area contributed by atoms with Crippen LogP contribution in [0.1, 0.15) is 11.1 Å². The first-order valence-electron chi connectivity index (χ1n) is 7.33. The standard InChI is InChI=1S/C16H17F3N4O2/c1-22(2)9-11-4-5-12(8-13(11)16(17,18)19)21-14(24)10-23-7-3-6-20-15(23)25/h3-8H,9-10H2,1-2H3,(H,21,24). The summed E-state index contributed by atoms with van der Waals surface area (Å²) < 4.78 is 40.7. The fourth-order valence-electron chi connectivity index (χ4n) is 2.26. The lowest BCUT2D eigenvalue weighted by atomic mass is 10.1. The number of hydrogen-bond acceptors (Lipinski definition) is 4. The largest absolute Gasteiger partial charge is 0.416 e. The van der Waals surface area contributed by atoms with E-state index in [2.05, 4.69) is 10.3 Å². The Morgan fingerprint density at radius 2 is 2.04 bits per heavy atom. The summed E-state index contributed by atoms with van der Waals surface area (Å²) in [6.45, 7) is -0.221. The Morgan fingerprint density at radius 1 is 1.32 bits per heavy atom. The summed E-state index contributed by atoms with van der Waals surface area (Å²) in [4.78, 5) is 28.5. The van der Waals surface area contributed by atoms with Gasteiger partial charge in [-0.2, -0.15) is 13.2 Å². The van der Waals surface area contributed by atoms with E-state index in [1.165, 1.54) is 30.6 Å². The summed E-state index contributed by atoms with van der Waals surface area (Å²) in [6, 6.07) is 5.10. The molecule has 0 aliphatic heterocycles. The molecule has 2 aromatic rings. The van der Waals surface area contributed by atoms with Crippen molar-refractivity contribution in [3.8, 4) is 0 Å². The fourth-order valence-corrected chi connectivity index (χ4v) is 2.26. The van der Waals surface area contributed by atoms with Crippen molar-refractivity contribution in [2.24, 2.45) is 0 Å². The number of aromatic nitrogens is 2. The second kappa shape index (κ2) is 7.47. The number of benzene rings is 1. The number of carbonyl (C=O) groups excluding carboxylic acids is 1. The lowest BCUT2D eigenvalue weighted by Crippen LogP contribution is -2.28.